The Morgan fingerprint density at radius 3 is 2.71 bits per heavy atom. The van der Waals surface area contributed by atoms with E-state index in [-0.39, 0.29) is 5.91 Å². The number of rotatable bonds is 5. The Morgan fingerprint density at radius 2 is 2.00 bits per heavy atom. The second-order valence-corrected chi connectivity index (χ2v) is 7.42. The highest BCUT2D eigenvalue weighted by Crippen LogP contribution is 2.28. The van der Waals surface area contributed by atoms with Crippen molar-refractivity contribution in [2.45, 2.75) is 38.8 Å². The van der Waals surface area contributed by atoms with E-state index in [0.29, 0.717) is 30.2 Å². The van der Waals surface area contributed by atoms with Gasteiger partial charge in [0, 0.05) is 37.3 Å². The number of pyridine rings is 1. The Morgan fingerprint density at radius 1 is 1.21 bits per heavy atom. The summed E-state index contributed by atoms with van der Waals surface area (Å²) in [6.45, 7) is 5.17. The molecule has 0 atom stereocenters. The third-order valence-electron chi connectivity index (χ3n) is 5.22. The summed E-state index contributed by atoms with van der Waals surface area (Å²) in [7, 11) is 4.07. The van der Waals surface area contributed by atoms with Crippen molar-refractivity contribution in [3.8, 4) is 0 Å². The predicted molar refractivity (Wildman–Crippen MR) is 102 cm³/mol. The fraction of sp³-hybridized carbons (Fsp3) is 0.556. The number of aromatic nitrogens is 7. The van der Waals surface area contributed by atoms with E-state index in [4.69, 9.17) is 0 Å². The zero-order valence-corrected chi connectivity index (χ0v) is 16.5. The van der Waals surface area contributed by atoms with Crippen molar-refractivity contribution >= 4 is 11.6 Å². The smallest absolute Gasteiger partial charge is 0.254 e. The van der Waals surface area contributed by atoms with Gasteiger partial charge in [-0.15, -0.1) is 15.3 Å². The minimum Gasteiger partial charge on any atom is -0.339 e. The van der Waals surface area contributed by atoms with Gasteiger partial charge in [0.1, 0.15) is 11.6 Å². The van der Waals surface area contributed by atoms with Crippen LogP contribution in [0.2, 0.25) is 0 Å². The van der Waals surface area contributed by atoms with Crippen molar-refractivity contribution < 1.29 is 4.79 Å². The van der Waals surface area contributed by atoms with E-state index >= 15 is 0 Å². The highest BCUT2D eigenvalue weighted by atomic mass is 16.2. The molecule has 10 nitrogen and oxygen atoms in total. The number of nitrogens with zero attached hydrogens (tertiary/aromatic N) is 9. The quantitative estimate of drug-likeness (QED) is 0.643. The molecule has 1 saturated heterocycles. The van der Waals surface area contributed by atoms with Crippen LogP contribution in [0, 0.1) is 0 Å². The number of amides is 1. The third-order valence-corrected chi connectivity index (χ3v) is 5.22. The maximum absolute atomic E-state index is 12.9. The molecule has 1 amide bonds. The fourth-order valence-corrected chi connectivity index (χ4v) is 3.79. The fourth-order valence-electron chi connectivity index (χ4n) is 3.79. The summed E-state index contributed by atoms with van der Waals surface area (Å²) in [4.78, 5) is 16.9. The van der Waals surface area contributed by atoms with Gasteiger partial charge in [0.05, 0.1) is 6.54 Å². The molecule has 28 heavy (non-hydrogen) atoms. The second kappa shape index (κ2) is 7.63. The molecule has 4 heterocycles. The van der Waals surface area contributed by atoms with Crippen LogP contribution in [0.3, 0.4) is 0 Å². The van der Waals surface area contributed by atoms with E-state index in [1.54, 1.807) is 22.8 Å². The summed E-state index contributed by atoms with van der Waals surface area (Å²) in [6, 6.07) is 3.49. The summed E-state index contributed by atoms with van der Waals surface area (Å²) >= 11 is 0. The van der Waals surface area contributed by atoms with Gasteiger partial charge in [-0.3, -0.25) is 4.79 Å². The van der Waals surface area contributed by atoms with Crippen molar-refractivity contribution in [2.24, 2.45) is 0 Å². The number of likely N-dealkylation sites (tertiary alicyclic amines) is 1. The van der Waals surface area contributed by atoms with Crippen molar-refractivity contribution in [2.75, 3.05) is 27.2 Å². The number of tetrazole rings is 1. The lowest BCUT2D eigenvalue weighted by Gasteiger charge is -2.31. The first kappa shape index (κ1) is 18.5. The zero-order valence-electron chi connectivity index (χ0n) is 16.5. The standard InChI is InChI=1S/C18H25N9O/c1-4-26-16(12-24(2)3)19-21-17(26)13-5-8-25(9-6-13)18(28)14-7-10-27-15(11-14)20-22-23-27/h7,10-11,13H,4-6,8-9,12H2,1-3H3. The molecular formula is C18H25N9O. The van der Waals surface area contributed by atoms with Crippen LogP contribution in [-0.4, -0.2) is 77.7 Å². The van der Waals surface area contributed by atoms with Gasteiger partial charge in [-0.1, -0.05) is 0 Å². The lowest BCUT2D eigenvalue weighted by molar-refractivity contribution is 0.0710. The molecule has 0 N–H and O–H groups in total. The Balaban J connectivity index is 1.44. The summed E-state index contributed by atoms with van der Waals surface area (Å²) in [5, 5.41) is 20.2. The monoisotopic (exact) mass is 383 g/mol. The average molecular weight is 383 g/mol. The lowest BCUT2D eigenvalue weighted by atomic mass is 9.95. The minimum absolute atomic E-state index is 0.0224. The van der Waals surface area contributed by atoms with Crippen molar-refractivity contribution in [1.82, 2.24) is 44.6 Å². The molecule has 148 valence electrons. The maximum atomic E-state index is 12.9. The number of carbonyl (C=O) groups is 1. The SMILES string of the molecule is CCn1c(CN(C)C)nnc1C1CCN(C(=O)c2ccn3nnnc3c2)CC1. The van der Waals surface area contributed by atoms with Gasteiger partial charge in [-0.05, 0) is 56.4 Å². The van der Waals surface area contributed by atoms with Crippen LogP contribution in [0.5, 0.6) is 0 Å². The molecule has 10 heteroatoms. The van der Waals surface area contributed by atoms with E-state index in [2.05, 4.69) is 42.1 Å². The molecule has 0 radical (unpaired) electrons. The first-order chi connectivity index (χ1) is 13.6. The van der Waals surface area contributed by atoms with E-state index < -0.39 is 0 Å². The van der Waals surface area contributed by atoms with Gasteiger partial charge >= 0.3 is 0 Å². The van der Waals surface area contributed by atoms with E-state index in [1.165, 1.54) is 0 Å². The minimum atomic E-state index is 0.0224. The van der Waals surface area contributed by atoms with Crippen LogP contribution in [0.1, 0.15) is 47.7 Å². The molecule has 1 aliphatic rings. The van der Waals surface area contributed by atoms with Crippen LogP contribution in [0.4, 0.5) is 0 Å². The Kier molecular flexibility index (Phi) is 5.03. The van der Waals surface area contributed by atoms with E-state index in [9.17, 15) is 4.79 Å². The molecule has 0 unspecified atom stereocenters. The van der Waals surface area contributed by atoms with Crippen molar-refractivity contribution in [3.63, 3.8) is 0 Å². The highest BCUT2D eigenvalue weighted by Gasteiger charge is 2.28. The number of hydrogen-bond donors (Lipinski definition) is 0. The van der Waals surface area contributed by atoms with E-state index in [1.807, 2.05) is 19.0 Å². The predicted octanol–water partition coefficient (Wildman–Crippen LogP) is 0.817. The van der Waals surface area contributed by atoms with Gasteiger partial charge in [0.25, 0.3) is 5.91 Å². The maximum Gasteiger partial charge on any atom is 0.254 e. The van der Waals surface area contributed by atoms with Crippen LogP contribution >= 0.6 is 0 Å². The highest BCUT2D eigenvalue weighted by molar-refractivity contribution is 5.95. The van der Waals surface area contributed by atoms with Crippen molar-refractivity contribution in [1.29, 1.82) is 0 Å². The second-order valence-electron chi connectivity index (χ2n) is 7.42. The van der Waals surface area contributed by atoms with Gasteiger partial charge < -0.3 is 14.4 Å². The summed E-state index contributed by atoms with van der Waals surface area (Å²) < 4.78 is 3.76. The molecule has 3 aromatic heterocycles. The Hall–Kier alpha value is -2.88. The molecule has 0 aromatic carbocycles. The molecular weight excluding hydrogens is 358 g/mol. The van der Waals surface area contributed by atoms with Gasteiger partial charge in [0.2, 0.25) is 0 Å². The molecule has 1 aliphatic heterocycles. The summed E-state index contributed by atoms with van der Waals surface area (Å²) in [6.07, 6.45) is 3.49. The normalized spacial score (nSPS) is 15.6. The van der Waals surface area contributed by atoms with Gasteiger partial charge in [-0.25, -0.2) is 4.52 Å². The molecule has 0 aliphatic carbocycles. The number of piperidine rings is 1. The van der Waals surface area contributed by atoms with Crippen LogP contribution in [-0.2, 0) is 13.1 Å². The third kappa shape index (κ3) is 3.47. The lowest BCUT2D eigenvalue weighted by Crippen LogP contribution is -2.38. The molecule has 4 rings (SSSR count). The van der Waals surface area contributed by atoms with E-state index in [0.717, 1.165) is 37.6 Å². The molecule has 0 spiro atoms. The largest absolute Gasteiger partial charge is 0.339 e. The van der Waals surface area contributed by atoms with Crippen LogP contribution in [0.15, 0.2) is 18.3 Å². The van der Waals surface area contributed by atoms with Crippen LogP contribution < -0.4 is 0 Å². The number of carbonyl (C=O) groups excluding carboxylic acids is 1. The topological polar surface area (TPSA) is 97.3 Å². The zero-order chi connectivity index (χ0) is 19.7. The number of hydrogen-bond acceptors (Lipinski definition) is 7. The van der Waals surface area contributed by atoms with Crippen molar-refractivity contribution in [3.05, 3.63) is 35.5 Å². The molecule has 3 aromatic rings. The van der Waals surface area contributed by atoms with Gasteiger partial charge in [-0.2, -0.15) is 0 Å². The van der Waals surface area contributed by atoms with Gasteiger partial charge in [0.15, 0.2) is 5.65 Å². The number of fused-ring (bicyclic) bond motifs is 1. The Bertz CT molecular complexity index is 969. The first-order valence-corrected chi connectivity index (χ1v) is 9.60. The summed E-state index contributed by atoms with van der Waals surface area (Å²) in [5.41, 5.74) is 1.19. The Labute approximate surface area is 163 Å². The molecule has 1 fully saturated rings. The first-order valence-electron chi connectivity index (χ1n) is 9.60. The summed E-state index contributed by atoms with van der Waals surface area (Å²) in [5.74, 6) is 2.39. The molecule has 0 saturated carbocycles. The molecule has 0 bridgehead atoms. The average Bonchev–Trinajstić information content (AvgIpc) is 3.33. The van der Waals surface area contributed by atoms with Crippen LogP contribution in [0.25, 0.3) is 5.65 Å².